The summed E-state index contributed by atoms with van der Waals surface area (Å²) in [5.74, 6) is 0.156. The quantitative estimate of drug-likeness (QED) is 0.616. The lowest BCUT2D eigenvalue weighted by molar-refractivity contribution is -0.159. The fourth-order valence-electron chi connectivity index (χ4n) is 4.72. The van der Waals surface area contributed by atoms with Gasteiger partial charge in [-0.3, -0.25) is 9.35 Å². The summed E-state index contributed by atoms with van der Waals surface area (Å²) in [5, 5.41) is 0. The van der Waals surface area contributed by atoms with Gasteiger partial charge in [-0.25, -0.2) is 4.39 Å². The monoisotopic (exact) mass is 306 g/mol. The maximum Gasteiger partial charge on any atom is 0.312 e. The highest BCUT2D eigenvalue weighted by Gasteiger charge is 2.62. The Bertz CT molecular complexity index is 503. The minimum Gasteiger partial charge on any atom is -0.462 e. The average Bonchev–Trinajstić information content (AvgIpc) is 2.70. The molecule has 0 heterocycles. The van der Waals surface area contributed by atoms with E-state index < -0.39 is 34.1 Å². The molecule has 0 aromatic rings. The van der Waals surface area contributed by atoms with Crippen LogP contribution >= 0.6 is 0 Å². The third-order valence-corrected chi connectivity index (χ3v) is 5.97. The molecule has 7 heteroatoms. The zero-order chi connectivity index (χ0) is 14.5. The van der Waals surface area contributed by atoms with Gasteiger partial charge in [-0.15, -0.1) is 0 Å². The summed E-state index contributed by atoms with van der Waals surface area (Å²) in [6, 6.07) is 0. The minimum atomic E-state index is -4.38. The van der Waals surface area contributed by atoms with Gasteiger partial charge in [0.2, 0.25) is 0 Å². The largest absolute Gasteiger partial charge is 0.462 e. The molecule has 4 fully saturated rings. The normalized spacial score (nSPS) is 40.0. The Labute approximate surface area is 117 Å². The molecule has 3 atom stereocenters. The van der Waals surface area contributed by atoms with Gasteiger partial charge in [0.25, 0.3) is 10.1 Å². The zero-order valence-electron chi connectivity index (χ0n) is 11.1. The number of esters is 1. The summed E-state index contributed by atoms with van der Waals surface area (Å²) in [4.78, 5) is 12.3. The Morgan fingerprint density at radius 1 is 1.30 bits per heavy atom. The molecule has 4 aliphatic rings. The number of hydrogen-bond donors (Lipinski definition) is 1. The SMILES string of the molecule is O=C(OCC(F)CS(=O)(=O)O)C12CC3CC(CC1C3)C2. The molecule has 5 nitrogen and oxygen atoms in total. The summed E-state index contributed by atoms with van der Waals surface area (Å²) in [6.07, 6.45) is 3.12. The Hall–Kier alpha value is -0.690. The van der Waals surface area contributed by atoms with Gasteiger partial charge < -0.3 is 4.74 Å². The molecule has 0 aromatic carbocycles. The summed E-state index contributed by atoms with van der Waals surface area (Å²) in [5.41, 5.74) is -0.439. The third kappa shape index (κ3) is 2.45. The van der Waals surface area contributed by atoms with E-state index >= 15 is 0 Å². The molecule has 4 aliphatic carbocycles. The average molecular weight is 306 g/mol. The molecule has 3 unspecified atom stereocenters. The van der Waals surface area contributed by atoms with Crippen molar-refractivity contribution in [3.05, 3.63) is 0 Å². The molecule has 4 rings (SSSR count). The molecule has 0 radical (unpaired) electrons. The molecular weight excluding hydrogens is 287 g/mol. The van der Waals surface area contributed by atoms with Crippen LogP contribution in [-0.2, 0) is 19.6 Å². The van der Waals surface area contributed by atoms with E-state index in [0.717, 1.165) is 25.7 Å². The lowest BCUT2D eigenvalue weighted by Crippen LogP contribution is -2.36. The van der Waals surface area contributed by atoms with E-state index in [9.17, 15) is 17.6 Å². The molecule has 20 heavy (non-hydrogen) atoms. The maximum absolute atomic E-state index is 13.4. The summed E-state index contributed by atoms with van der Waals surface area (Å²) >= 11 is 0. The smallest absolute Gasteiger partial charge is 0.312 e. The highest BCUT2D eigenvalue weighted by atomic mass is 32.2. The van der Waals surface area contributed by atoms with Crippen molar-refractivity contribution < 1.29 is 26.9 Å². The van der Waals surface area contributed by atoms with Crippen LogP contribution in [0.5, 0.6) is 0 Å². The molecule has 0 aromatic heterocycles. The Kier molecular flexibility index (Phi) is 3.32. The van der Waals surface area contributed by atoms with Gasteiger partial charge in [0.15, 0.2) is 6.17 Å². The molecule has 0 saturated heterocycles. The topological polar surface area (TPSA) is 80.7 Å². The number of ether oxygens (including phenoxy) is 1. The molecule has 0 amide bonds. The van der Waals surface area contributed by atoms with Crippen LogP contribution in [0.3, 0.4) is 0 Å². The van der Waals surface area contributed by atoms with E-state index in [0.29, 0.717) is 17.8 Å². The first-order valence-electron chi connectivity index (χ1n) is 7.05. The van der Waals surface area contributed by atoms with Crippen LogP contribution in [0.2, 0.25) is 0 Å². The van der Waals surface area contributed by atoms with Crippen molar-refractivity contribution in [2.45, 2.75) is 38.3 Å². The lowest BCUT2D eigenvalue weighted by Gasteiger charge is -2.30. The van der Waals surface area contributed by atoms with Crippen LogP contribution in [0.15, 0.2) is 0 Å². The standard InChI is InChI=1S/C13H19FO5S/c14-11(7-20(16,17)18)6-19-12(15)13-4-8-1-9(5-13)3-10(13)2-8/h8-11H,1-7H2,(H,16,17,18). The molecule has 114 valence electrons. The molecule has 0 spiro atoms. The lowest BCUT2D eigenvalue weighted by atomic mass is 9.75. The second kappa shape index (κ2) is 4.66. The Balaban J connectivity index is 1.58. The first-order valence-corrected chi connectivity index (χ1v) is 8.66. The fourth-order valence-corrected chi connectivity index (χ4v) is 5.27. The first-order chi connectivity index (χ1) is 9.28. The van der Waals surface area contributed by atoms with E-state index in [4.69, 9.17) is 9.29 Å². The van der Waals surface area contributed by atoms with Gasteiger partial charge in [0, 0.05) is 0 Å². The van der Waals surface area contributed by atoms with Crippen molar-refractivity contribution in [3.63, 3.8) is 0 Å². The van der Waals surface area contributed by atoms with Crippen LogP contribution in [0.25, 0.3) is 0 Å². The van der Waals surface area contributed by atoms with Crippen molar-refractivity contribution in [2.24, 2.45) is 23.2 Å². The molecular formula is C13H19FO5S. The molecule has 1 N–H and O–H groups in total. The molecule has 0 aliphatic heterocycles. The van der Waals surface area contributed by atoms with Gasteiger partial charge in [0.1, 0.15) is 12.4 Å². The number of halogens is 1. The van der Waals surface area contributed by atoms with Crippen molar-refractivity contribution in [1.29, 1.82) is 0 Å². The van der Waals surface area contributed by atoms with Crippen LogP contribution in [0.4, 0.5) is 4.39 Å². The Morgan fingerprint density at radius 2 is 1.90 bits per heavy atom. The van der Waals surface area contributed by atoms with Gasteiger partial charge >= 0.3 is 5.97 Å². The summed E-state index contributed by atoms with van der Waals surface area (Å²) in [6.45, 7) is -0.595. The number of carbonyl (C=O) groups excluding carboxylic acids is 1. The van der Waals surface area contributed by atoms with Crippen molar-refractivity contribution in [3.8, 4) is 0 Å². The van der Waals surface area contributed by atoms with Crippen molar-refractivity contribution in [2.75, 3.05) is 12.4 Å². The number of carbonyl (C=O) groups is 1. The molecule has 4 bridgehead atoms. The summed E-state index contributed by atoms with van der Waals surface area (Å²) in [7, 11) is -4.38. The first kappa shape index (κ1) is 14.3. The second-order valence-corrected chi connectivity index (χ2v) is 8.14. The van der Waals surface area contributed by atoms with E-state index in [1.807, 2.05) is 0 Å². The zero-order valence-corrected chi connectivity index (χ0v) is 11.9. The maximum atomic E-state index is 13.4. The highest BCUT2D eigenvalue weighted by Crippen LogP contribution is 2.65. The number of hydrogen-bond acceptors (Lipinski definition) is 4. The number of rotatable bonds is 5. The predicted molar refractivity (Wildman–Crippen MR) is 68.3 cm³/mol. The van der Waals surface area contributed by atoms with Crippen LogP contribution < -0.4 is 0 Å². The number of alkyl halides is 1. The summed E-state index contributed by atoms with van der Waals surface area (Å²) < 4.78 is 48.0. The second-order valence-electron chi connectivity index (χ2n) is 6.64. The van der Waals surface area contributed by atoms with Crippen LogP contribution in [0, 0.1) is 23.2 Å². The fraction of sp³-hybridized carbons (Fsp3) is 0.923. The van der Waals surface area contributed by atoms with Crippen LogP contribution in [-0.4, -0.2) is 37.5 Å². The highest BCUT2D eigenvalue weighted by molar-refractivity contribution is 7.85. The van der Waals surface area contributed by atoms with Crippen molar-refractivity contribution in [1.82, 2.24) is 0 Å². The Morgan fingerprint density at radius 3 is 2.45 bits per heavy atom. The predicted octanol–water partition coefficient (Wildman–Crippen LogP) is 1.58. The third-order valence-electron chi connectivity index (χ3n) is 5.18. The van der Waals surface area contributed by atoms with E-state index in [1.165, 1.54) is 6.42 Å². The van der Waals surface area contributed by atoms with E-state index in [-0.39, 0.29) is 5.97 Å². The minimum absolute atomic E-state index is 0.360. The van der Waals surface area contributed by atoms with E-state index in [1.54, 1.807) is 0 Å². The van der Waals surface area contributed by atoms with Gasteiger partial charge in [-0.05, 0) is 49.9 Å². The van der Waals surface area contributed by atoms with Gasteiger partial charge in [0.05, 0.1) is 5.41 Å². The van der Waals surface area contributed by atoms with Crippen molar-refractivity contribution >= 4 is 16.1 Å². The van der Waals surface area contributed by atoms with Gasteiger partial charge in [-0.2, -0.15) is 8.42 Å². The van der Waals surface area contributed by atoms with E-state index in [2.05, 4.69) is 0 Å². The van der Waals surface area contributed by atoms with Gasteiger partial charge in [-0.1, -0.05) is 0 Å². The molecule has 4 saturated carbocycles. The van der Waals surface area contributed by atoms with Crippen LogP contribution in [0.1, 0.15) is 32.1 Å².